The minimum Gasteiger partial charge on any atom is -0.399 e. The molecule has 4 aromatic carbocycles. The fourth-order valence-electron chi connectivity index (χ4n) is 6.41. The number of benzene rings is 4. The molecule has 0 bridgehead atoms. The van der Waals surface area contributed by atoms with Gasteiger partial charge in [-0.2, -0.15) is 43.9 Å². The van der Waals surface area contributed by atoms with Crippen molar-refractivity contribution >= 4 is 111 Å². The molecule has 0 spiro atoms. The monoisotopic (exact) mass is 1060 g/mol. The first-order chi connectivity index (χ1) is 31.8. The summed E-state index contributed by atoms with van der Waals surface area (Å²) < 4.78 is 138. The number of nitrogen functional groups attached to an aromatic ring is 2. The van der Waals surface area contributed by atoms with Gasteiger partial charge in [-0.3, -0.25) is 43.6 Å². The second-order valence-electron chi connectivity index (χ2n) is 14.3. The maximum Gasteiger partial charge on any atom is 1.00 e. The Morgan fingerprint density at radius 2 is 0.870 bits per heavy atom. The van der Waals surface area contributed by atoms with Gasteiger partial charge in [0.25, 0.3) is 40.5 Å². The van der Waals surface area contributed by atoms with Crippen molar-refractivity contribution in [3.05, 3.63) is 116 Å². The number of fused-ring (bicyclic) bond motifs is 2. The van der Waals surface area contributed by atoms with Crippen molar-refractivity contribution in [3.63, 3.8) is 0 Å². The van der Waals surface area contributed by atoms with Crippen LogP contribution in [0, 0.1) is 0 Å². The van der Waals surface area contributed by atoms with Gasteiger partial charge in [-0.15, -0.1) is 0 Å². The van der Waals surface area contributed by atoms with E-state index in [0.717, 1.165) is 48.6 Å². The van der Waals surface area contributed by atoms with E-state index in [9.17, 15) is 61.5 Å². The van der Waals surface area contributed by atoms with E-state index in [1.54, 1.807) is 4.90 Å². The van der Waals surface area contributed by atoms with Gasteiger partial charge in [-0.25, -0.2) is 0 Å². The van der Waals surface area contributed by atoms with Crippen molar-refractivity contribution in [2.45, 2.75) is 9.79 Å². The Morgan fingerprint density at radius 1 is 0.522 bits per heavy atom. The molecular formula is C40H41KN7O17S4+. The number of aliphatic hydroxyl groups excluding tert-OH is 3. The molecule has 29 heteroatoms. The SMILES string of the molecule is Nc1ccc2c(c1)C(=O)/C(=N\Nc1ccc(/C=C/c3ccc(N/N=C4\C(=O)c5cc(N)ccc5C=C4S(=O)(=O)O)cc3S(=O)(=O)O)c(S(=O)(=O)O)c1)C(S(=O)(=O)O)=C2.OCCN(CCO)CCO.[K+]. The van der Waals surface area contributed by atoms with Crippen LogP contribution in [0.15, 0.2) is 103 Å². The topological polar surface area (TPSA) is 416 Å². The Kier molecular flexibility index (Phi) is 19.2. The summed E-state index contributed by atoms with van der Waals surface area (Å²) in [6, 6.07) is 14.2. The van der Waals surface area contributed by atoms with Crippen molar-refractivity contribution in [1.29, 1.82) is 0 Å². The Hall–Kier alpha value is -4.90. The van der Waals surface area contributed by atoms with E-state index < -0.39 is 83.1 Å². The van der Waals surface area contributed by atoms with Gasteiger partial charge in [-0.1, -0.05) is 36.4 Å². The summed E-state index contributed by atoms with van der Waals surface area (Å²) >= 11 is 0. The first-order valence-corrected chi connectivity index (χ1v) is 24.9. The number of carbonyl (C=O) groups is 2. The van der Waals surface area contributed by atoms with Gasteiger partial charge < -0.3 is 26.8 Å². The standard InChI is InChI=1S/C34H26N6O14S4.C6H15NO3.K/c35-21-7-3-19-11-29(57(49,50)51)31(33(41)25(19)13-21)39-37-23-9-5-17(27(15-23)55(43,44)45)1-2-18-6-10-24(16-28(18)56(46,47)48)38-40-32-30(58(52,53)54)12-20-4-8-22(36)14-26(20)34(32)42;8-4-1-7(2-5-9)3-6-10;/h1-16,37-38H,35-36H2,(H,43,44,45)(H,46,47,48)(H,49,50,51)(H,52,53,54);8-10H,1-6H2;/q;;+1/b2-1+,39-31-,40-32-;;. The van der Waals surface area contributed by atoms with Gasteiger partial charge in [0.05, 0.1) is 31.2 Å². The molecule has 0 saturated heterocycles. The van der Waals surface area contributed by atoms with E-state index in [-0.39, 0.29) is 127 Å². The van der Waals surface area contributed by atoms with E-state index in [1.807, 2.05) is 0 Å². The van der Waals surface area contributed by atoms with E-state index in [1.165, 1.54) is 48.5 Å². The molecule has 0 aliphatic heterocycles. The summed E-state index contributed by atoms with van der Waals surface area (Å²) in [5.74, 6) is -1.91. The largest absolute Gasteiger partial charge is 1.00 e. The maximum atomic E-state index is 13.2. The molecule has 0 saturated carbocycles. The van der Waals surface area contributed by atoms with Crippen LogP contribution >= 0.6 is 0 Å². The number of rotatable bonds is 16. The van der Waals surface area contributed by atoms with Crippen LogP contribution in [-0.2, 0) is 40.5 Å². The number of nitrogens with two attached hydrogens (primary N) is 2. The predicted molar refractivity (Wildman–Crippen MR) is 251 cm³/mol. The molecule has 2 aliphatic carbocycles. The molecular weight excluding hydrogens is 1020 g/mol. The first-order valence-electron chi connectivity index (χ1n) is 19.2. The number of aliphatic hydroxyl groups is 3. The van der Waals surface area contributed by atoms with E-state index >= 15 is 0 Å². The van der Waals surface area contributed by atoms with E-state index in [0.29, 0.717) is 19.6 Å². The molecule has 4 aromatic rings. The number of allylic oxidation sites excluding steroid dienone is 2. The van der Waals surface area contributed by atoms with Crippen LogP contribution in [0.3, 0.4) is 0 Å². The van der Waals surface area contributed by atoms with Gasteiger partial charge >= 0.3 is 51.4 Å². The maximum absolute atomic E-state index is 13.2. The Balaban J connectivity index is 0.000000847. The number of hydrazone groups is 2. The molecule has 0 unspecified atom stereocenters. The number of nitrogens with one attached hydrogen (secondary N) is 2. The molecule has 362 valence electrons. The second kappa shape index (κ2) is 23.3. The van der Waals surface area contributed by atoms with Crippen molar-refractivity contribution in [2.75, 3.05) is 61.8 Å². The number of hydrogen-bond donors (Lipinski definition) is 11. The molecule has 24 nitrogen and oxygen atoms in total. The van der Waals surface area contributed by atoms with Crippen LogP contribution in [0.1, 0.15) is 43.0 Å². The molecule has 13 N–H and O–H groups in total. The molecule has 2 aliphatic rings. The van der Waals surface area contributed by atoms with Gasteiger partial charge in [0.2, 0.25) is 11.6 Å². The number of carbonyl (C=O) groups excluding carboxylic acids is 2. The van der Waals surface area contributed by atoms with Crippen molar-refractivity contribution in [1.82, 2.24) is 4.90 Å². The van der Waals surface area contributed by atoms with Crippen LogP contribution in [0.25, 0.3) is 24.3 Å². The Bertz CT molecular complexity index is 3080. The van der Waals surface area contributed by atoms with E-state index in [2.05, 4.69) is 21.1 Å². The van der Waals surface area contributed by atoms with Crippen LogP contribution in [-0.4, -0.2) is 135 Å². The summed E-state index contributed by atoms with van der Waals surface area (Å²) in [6.07, 6.45) is 4.03. The van der Waals surface area contributed by atoms with E-state index in [4.69, 9.17) is 26.8 Å². The zero-order valence-electron chi connectivity index (χ0n) is 35.8. The third-order valence-electron chi connectivity index (χ3n) is 9.54. The Morgan fingerprint density at radius 3 is 1.17 bits per heavy atom. The minimum absolute atomic E-state index is 0. The smallest absolute Gasteiger partial charge is 0.399 e. The van der Waals surface area contributed by atoms with Crippen LogP contribution in [0.2, 0.25) is 0 Å². The summed E-state index contributed by atoms with van der Waals surface area (Å²) in [5, 5.41) is 33.0. The first kappa shape index (κ1) is 56.7. The molecule has 0 fully saturated rings. The number of nitrogens with zero attached hydrogens (tertiary/aromatic N) is 3. The molecule has 0 heterocycles. The second-order valence-corrected chi connectivity index (χ2v) is 19.8. The normalized spacial score (nSPS) is 15.2. The summed E-state index contributed by atoms with van der Waals surface area (Å²) in [5.41, 5.74) is 14.1. The third kappa shape index (κ3) is 14.6. The molecule has 6 rings (SSSR count). The van der Waals surface area contributed by atoms with Gasteiger partial charge in [0.1, 0.15) is 19.6 Å². The zero-order chi connectivity index (χ0) is 50.4. The molecule has 0 atom stereocenters. The molecule has 0 amide bonds. The average molecular weight is 1060 g/mol. The molecule has 69 heavy (non-hydrogen) atoms. The van der Waals surface area contributed by atoms with Crippen LogP contribution in [0.4, 0.5) is 22.7 Å². The number of anilines is 4. The fraction of sp³-hybridized carbons (Fsp3) is 0.150. The predicted octanol–water partition coefficient (Wildman–Crippen LogP) is -1.43. The number of ketones is 2. The third-order valence-corrected chi connectivity index (χ3v) is 13.1. The quantitative estimate of drug-likeness (QED) is 0.0201. The molecule has 0 aromatic heterocycles. The van der Waals surface area contributed by atoms with Crippen molar-refractivity contribution < 1.29 is 128 Å². The van der Waals surface area contributed by atoms with Gasteiger partial charge in [0.15, 0.2) is 11.4 Å². The number of hydrogen-bond acceptors (Lipinski definition) is 20. The van der Waals surface area contributed by atoms with Crippen LogP contribution < -0.4 is 73.7 Å². The molecule has 0 radical (unpaired) electrons. The average Bonchev–Trinajstić information content (AvgIpc) is 3.24. The van der Waals surface area contributed by atoms with Crippen molar-refractivity contribution in [3.8, 4) is 0 Å². The number of Topliss-reactive ketones (excluding diaryl/α,β-unsaturated/α-hetero) is 2. The summed E-state index contributed by atoms with van der Waals surface area (Å²) in [6.45, 7) is 1.75. The zero-order valence-corrected chi connectivity index (χ0v) is 42.2. The van der Waals surface area contributed by atoms with Gasteiger partial charge in [0, 0.05) is 42.1 Å². The summed E-state index contributed by atoms with van der Waals surface area (Å²) in [7, 11) is -20.1. The summed E-state index contributed by atoms with van der Waals surface area (Å²) in [4.78, 5) is 24.8. The minimum atomic E-state index is -5.06. The van der Waals surface area contributed by atoms with Crippen molar-refractivity contribution in [2.24, 2.45) is 10.2 Å². The Labute approximate surface area is 437 Å². The fourth-order valence-corrected chi connectivity index (χ4v) is 9.14. The van der Waals surface area contributed by atoms with Crippen LogP contribution in [0.5, 0.6) is 0 Å². The van der Waals surface area contributed by atoms with Gasteiger partial charge in [-0.05, 0) is 82.9 Å².